The smallest absolute Gasteiger partial charge is 0.356 e. The Bertz CT molecular complexity index is 636. The van der Waals surface area contributed by atoms with Crippen molar-refractivity contribution in [1.29, 1.82) is 0 Å². The molecule has 1 amide bonds. The average molecular weight is 514 g/mol. The Balaban J connectivity index is 0.00000392. The molecule has 1 saturated heterocycles. The lowest BCUT2D eigenvalue weighted by Gasteiger charge is -2.33. The lowest BCUT2D eigenvalue weighted by Crippen LogP contribution is -2.51. The fraction of sp³-hybridized carbons (Fsp3) is 0.588. The third-order valence-corrected chi connectivity index (χ3v) is 4.28. The van der Waals surface area contributed by atoms with E-state index in [0.717, 1.165) is 38.8 Å². The van der Waals surface area contributed by atoms with Gasteiger partial charge in [-0.25, -0.2) is 4.98 Å². The Morgan fingerprint density at radius 3 is 2.57 bits per heavy atom. The van der Waals surface area contributed by atoms with Crippen LogP contribution in [0.5, 0.6) is 0 Å². The highest BCUT2D eigenvalue weighted by Gasteiger charge is 2.31. The van der Waals surface area contributed by atoms with E-state index in [1.165, 1.54) is 0 Å². The number of hydrogen-bond donors (Lipinski definition) is 2. The molecule has 0 bridgehead atoms. The fourth-order valence-electron chi connectivity index (χ4n) is 2.83. The van der Waals surface area contributed by atoms with Gasteiger partial charge < -0.3 is 20.4 Å². The van der Waals surface area contributed by atoms with Crippen LogP contribution in [0, 0.1) is 0 Å². The maximum atomic E-state index is 12.3. The number of amides is 1. The van der Waals surface area contributed by atoms with Crippen LogP contribution in [0.1, 0.15) is 12.8 Å². The largest absolute Gasteiger partial charge is 0.406 e. The number of halogens is 4. The van der Waals surface area contributed by atoms with Crippen LogP contribution in [0.2, 0.25) is 0 Å². The highest BCUT2D eigenvalue weighted by Crippen LogP contribution is 2.17. The van der Waals surface area contributed by atoms with E-state index in [4.69, 9.17) is 0 Å². The van der Waals surface area contributed by atoms with Crippen LogP contribution in [0.25, 0.3) is 0 Å². The maximum absolute atomic E-state index is 12.3. The molecule has 11 heteroatoms. The van der Waals surface area contributed by atoms with Crippen LogP contribution < -0.4 is 15.5 Å². The predicted molar refractivity (Wildman–Crippen MR) is 113 cm³/mol. The summed E-state index contributed by atoms with van der Waals surface area (Å²) in [5.74, 6) is 0.692. The Hall–Kier alpha value is -1.79. The summed E-state index contributed by atoms with van der Waals surface area (Å²) in [6.07, 6.45) is -0.928. The first-order valence-electron chi connectivity index (χ1n) is 8.72. The summed E-state index contributed by atoms with van der Waals surface area (Å²) in [6.45, 7) is 0.141. The fourth-order valence-corrected chi connectivity index (χ4v) is 2.83. The first kappa shape index (κ1) is 24.2. The number of carbonyl (C=O) groups is 1. The maximum Gasteiger partial charge on any atom is 0.406 e. The number of guanidine groups is 1. The van der Waals surface area contributed by atoms with Crippen molar-refractivity contribution < 1.29 is 18.0 Å². The second-order valence-corrected chi connectivity index (χ2v) is 6.38. The van der Waals surface area contributed by atoms with Crippen molar-refractivity contribution in [2.45, 2.75) is 25.1 Å². The third kappa shape index (κ3) is 8.07. The zero-order chi connectivity index (χ0) is 19.9. The summed E-state index contributed by atoms with van der Waals surface area (Å²) in [6, 6.07) is 5.96. The lowest BCUT2D eigenvalue weighted by atomic mass is 10.1. The van der Waals surface area contributed by atoms with Crippen LogP contribution in [0.3, 0.4) is 0 Å². The molecule has 0 saturated carbocycles. The van der Waals surface area contributed by atoms with Crippen LogP contribution in [-0.4, -0.2) is 74.2 Å². The van der Waals surface area contributed by atoms with Crippen LogP contribution in [0.4, 0.5) is 19.0 Å². The van der Waals surface area contributed by atoms with Gasteiger partial charge in [0.05, 0.1) is 6.54 Å². The van der Waals surface area contributed by atoms with Gasteiger partial charge in [-0.2, -0.15) is 13.2 Å². The van der Waals surface area contributed by atoms with Crippen molar-refractivity contribution in [2.24, 2.45) is 4.99 Å². The summed E-state index contributed by atoms with van der Waals surface area (Å²) in [5, 5.41) is 6.00. The number of aromatic nitrogens is 1. The van der Waals surface area contributed by atoms with Gasteiger partial charge in [-0.05, 0) is 25.0 Å². The van der Waals surface area contributed by atoms with Crippen molar-refractivity contribution in [1.82, 2.24) is 20.5 Å². The van der Waals surface area contributed by atoms with Crippen molar-refractivity contribution in [3.05, 3.63) is 24.4 Å². The number of hydrogen-bond acceptors (Lipinski definition) is 4. The van der Waals surface area contributed by atoms with Gasteiger partial charge in [0, 0.05) is 39.4 Å². The van der Waals surface area contributed by atoms with E-state index in [9.17, 15) is 18.0 Å². The standard InChI is InChI=1S/C17H25F3N6O.HI/c1-21-16(23-11-15(27)25(2)12-17(18,19)20)24-13-6-9-26(10-7-13)14-5-3-4-8-22-14;/h3-5,8,13H,6-7,9-12H2,1-2H3,(H2,21,23,24);1H. The molecule has 0 spiro atoms. The molecule has 0 aromatic carbocycles. The number of nitrogens with one attached hydrogen (secondary N) is 2. The van der Waals surface area contributed by atoms with E-state index >= 15 is 0 Å². The molecule has 2 rings (SSSR count). The Morgan fingerprint density at radius 1 is 1.36 bits per heavy atom. The molecule has 28 heavy (non-hydrogen) atoms. The third-order valence-electron chi connectivity index (χ3n) is 4.28. The van der Waals surface area contributed by atoms with Gasteiger partial charge in [0.1, 0.15) is 12.4 Å². The SMILES string of the molecule is CN=C(NCC(=O)N(C)CC(F)(F)F)NC1CCN(c2ccccn2)CC1.I. The number of rotatable bonds is 5. The minimum Gasteiger partial charge on any atom is -0.356 e. The number of anilines is 1. The minimum absolute atomic E-state index is 0. The number of carbonyl (C=O) groups excluding carboxylic acids is 1. The minimum atomic E-state index is -4.41. The predicted octanol–water partition coefficient (Wildman–Crippen LogP) is 1.85. The monoisotopic (exact) mass is 514 g/mol. The highest BCUT2D eigenvalue weighted by atomic mass is 127. The zero-order valence-electron chi connectivity index (χ0n) is 15.9. The van der Waals surface area contributed by atoms with E-state index < -0.39 is 18.6 Å². The van der Waals surface area contributed by atoms with Crippen molar-refractivity contribution in [2.75, 3.05) is 45.2 Å². The van der Waals surface area contributed by atoms with Crippen molar-refractivity contribution in [3.63, 3.8) is 0 Å². The summed E-state index contributed by atoms with van der Waals surface area (Å²) in [4.78, 5) is 23.0. The molecule has 1 aromatic heterocycles. The van der Waals surface area contributed by atoms with Gasteiger partial charge in [0.2, 0.25) is 5.91 Å². The molecule has 1 fully saturated rings. The number of nitrogens with zero attached hydrogens (tertiary/aromatic N) is 4. The molecule has 2 heterocycles. The molecule has 1 aliphatic heterocycles. The molecule has 1 aromatic rings. The first-order valence-corrected chi connectivity index (χ1v) is 8.72. The van der Waals surface area contributed by atoms with Crippen molar-refractivity contribution in [3.8, 4) is 0 Å². The molecule has 1 aliphatic rings. The molecule has 0 radical (unpaired) electrons. The molecule has 158 valence electrons. The number of piperidine rings is 1. The number of alkyl halides is 3. The van der Waals surface area contributed by atoms with E-state index in [-0.39, 0.29) is 36.6 Å². The van der Waals surface area contributed by atoms with Gasteiger partial charge >= 0.3 is 6.18 Å². The molecular weight excluding hydrogens is 488 g/mol. The summed E-state index contributed by atoms with van der Waals surface area (Å²) in [5.41, 5.74) is 0. The van der Waals surface area contributed by atoms with E-state index in [1.54, 1.807) is 13.2 Å². The van der Waals surface area contributed by atoms with Crippen molar-refractivity contribution >= 4 is 41.7 Å². The summed E-state index contributed by atoms with van der Waals surface area (Å²) in [7, 11) is 2.68. The second kappa shape index (κ2) is 11.3. The molecule has 0 atom stereocenters. The molecule has 7 nitrogen and oxygen atoms in total. The summed E-state index contributed by atoms with van der Waals surface area (Å²) >= 11 is 0. The summed E-state index contributed by atoms with van der Waals surface area (Å²) < 4.78 is 37.0. The van der Waals surface area contributed by atoms with Gasteiger partial charge in [0.15, 0.2) is 5.96 Å². The highest BCUT2D eigenvalue weighted by molar-refractivity contribution is 14.0. The Morgan fingerprint density at radius 2 is 2.04 bits per heavy atom. The number of pyridine rings is 1. The van der Waals surface area contributed by atoms with Gasteiger partial charge in [-0.3, -0.25) is 9.79 Å². The number of aliphatic imine (C=N–C) groups is 1. The topological polar surface area (TPSA) is 72.9 Å². The zero-order valence-corrected chi connectivity index (χ0v) is 18.2. The van der Waals surface area contributed by atoms with E-state index in [0.29, 0.717) is 10.9 Å². The lowest BCUT2D eigenvalue weighted by molar-refractivity contribution is -0.157. The van der Waals surface area contributed by atoms with Gasteiger partial charge in [-0.1, -0.05) is 6.07 Å². The normalized spacial score (nSPS) is 15.6. The quantitative estimate of drug-likeness (QED) is 0.357. The average Bonchev–Trinajstić information content (AvgIpc) is 2.64. The van der Waals surface area contributed by atoms with E-state index in [1.807, 2.05) is 18.2 Å². The molecule has 2 N–H and O–H groups in total. The second-order valence-electron chi connectivity index (χ2n) is 6.38. The van der Waals surface area contributed by atoms with Crippen LogP contribution >= 0.6 is 24.0 Å². The van der Waals surface area contributed by atoms with Crippen LogP contribution in [0.15, 0.2) is 29.4 Å². The first-order chi connectivity index (χ1) is 12.8. The van der Waals surface area contributed by atoms with Gasteiger partial charge in [-0.15, -0.1) is 24.0 Å². The Kier molecular flexibility index (Phi) is 9.76. The van der Waals surface area contributed by atoms with Crippen LogP contribution in [-0.2, 0) is 4.79 Å². The van der Waals surface area contributed by atoms with Gasteiger partial charge in [0.25, 0.3) is 0 Å². The Labute approximate surface area is 179 Å². The molecule has 0 aliphatic carbocycles. The molecule has 0 unspecified atom stereocenters. The molecular formula is C17H26F3IN6O. The van der Waals surface area contributed by atoms with E-state index in [2.05, 4.69) is 25.5 Å². The number of likely N-dealkylation sites (N-methyl/N-ethyl adjacent to an activating group) is 1.